The average Bonchev–Trinajstić information content (AvgIpc) is 3.11. The summed E-state index contributed by atoms with van der Waals surface area (Å²) in [5.41, 5.74) is 1.55. The van der Waals surface area contributed by atoms with Crippen molar-refractivity contribution in [1.82, 2.24) is 15.1 Å². The molecule has 8 heteroatoms. The zero-order chi connectivity index (χ0) is 20.0. The second-order valence-electron chi connectivity index (χ2n) is 7.49. The van der Waals surface area contributed by atoms with E-state index >= 15 is 0 Å². The van der Waals surface area contributed by atoms with Crippen molar-refractivity contribution in [2.45, 2.75) is 32.4 Å². The maximum atomic E-state index is 12.4. The molecule has 3 amide bonds. The van der Waals surface area contributed by atoms with Gasteiger partial charge in [-0.1, -0.05) is 19.1 Å². The fourth-order valence-corrected chi connectivity index (χ4v) is 3.55. The van der Waals surface area contributed by atoms with Crippen molar-refractivity contribution in [3.8, 4) is 0 Å². The van der Waals surface area contributed by atoms with Gasteiger partial charge in [0.05, 0.1) is 19.8 Å². The van der Waals surface area contributed by atoms with Gasteiger partial charge in [0.2, 0.25) is 0 Å². The number of carbonyl (C=O) groups excluding carboxylic acids is 2. The van der Waals surface area contributed by atoms with E-state index in [1.165, 1.54) is 0 Å². The summed E-state index contributed by atoms with van der Waals surface area (Å²) in [6.45, 7) is 9.61. The standard InChI is InChI=1S/C20H30N4O4/c1-3-20(2,24-8-10-27-11-9-24)15-21-18(25)22-17-6-4-5-16(13-17)14-23-7-12-28-19(23)26/h4-6,13H,3,7-12,14-15H2,1-2H3,(H2,21,22,25)/t20-/m0/s1. The normalized spacial score (nSPS) is 19.8. The quantitative estimate of drug-likeness (QED) is 0.746. The number of urea groups is 1. The van der Waals surface area contributed by atoms with Crippen LogP contribution in [0.15, 0.2) is 24.3 Å². The number of benzene rings is 1. The van der Waals surface area contributed by atoms with Gasteiger partial charge in [0.1, 0.15) is 6.61 Å². The summed E-state index contributed by atoms with van der Waals surface area (Å²) in [5.74, 6) is 0. The molecule has 0 unspecified atom stereocenters. The Morgan fingerprint density at radius 1 is 1.21 bits per heavy atom. The molecule has 0 bridgehead atoms. The molecule has 28 heavy (non-hydrogen) atoms. The second-order valence-corrected chi connectivity index (χ2v) is 7.49. The van der Waals surface area contributed by atoms with E-state index < -0.39 is 0 Å². The Labute approximate surface area is 166 Å². The van der Waals surface area contributed by atoms with Crippen LogP contribution in [-0.4, -0.2) is 73.5 Å². The summed E-state index contributed by atoms with van der Waals surface area (Å²) < 4.78 is 10.4. The third-order valence-corrected chi connectivity index (χ3v) is 5.57. The van der Waals surface area contributed by atoms with Crippen LogP contribution in [0, 0.1) is 0 Å². The first kappa shape index (κ1) is 20.4. The van der Waals surface area contributed by atoms with E-state index in [9.17, 15) is 9.59 Å². The van der Waals surface area contributed by atoms with Crippen LogP contribution in [0.2, 0.25) is 0 Å². The topological polar surface area (TPSA) is 83.1 Å². The van der Waals surface area contributed by atoms with E-state index in [-0.39, 0.29) is 17.7 Å². The van der Waals surface area contributed by atoms with Crippen molar-refractivity contribution >= 4 is 17.8 Å². The van der Waals surface area contributed by atoms with Crippen molar-refractivity contribution in [2.75, 3.05) is 51.3 Å². The first-order chi connectivity index (χ1) is 13.5. The summed E-state index contributed by atoms with van der Waals surface area (Å²) in [7, 11) is 0. The van der Waals surface area contributed by atoms with Gasteiger partial charge in [-0.05, 0) is 31.0 Å². The van der Waals surface area contributed by atoms with Crippen LogP contribution in [0.1, 0.15) is 25.8 Å². The monoisotopic (exact) mass is 390 g/mol. The lowest BCUT2D eigenvalue weighted by Crippen LogP contribution is -2.57. The number of hydrogen-bond donors (Lipinski definition) is 2. The third kappa shape index (κ3) is 5.14. The van der Waals surface area contributed by atoms with Crippen LogP contribution in [0.3, 0.4) is 0 Å². The molecule has 3 rings (SSSR count). The molecule has 0 radical (unpaired) electrons. The number of carbonyl (C=O) groups is 2. The van der Waals surface area contributed by atoms with Gasteiger partial charge in [-0.3, -0.25) is 4.90 Å². The molecule has 2 fully saturated rings. The summed E-state index contributed by atoms with van der Waals surface area (Å²) in [5, 5.41) is 5.89. The fraction of sp³-hybridized carbons (Fsp3) is 0.600. The largest absolute Gasteiger partial charge is 0.448 e. The van der Waals surface area contributed by atoms with Crippen LogP contribution < -0.4 is 10.6 Å². The number of anilines is 1. The Balaban J connectivity index is 1.52. The molecule has 2 aliphatic rings. The highest BCUT2D eigenvalue weighted by atomic mass is 16.6. The lowest BCUT2D eigenvalue weighted by molar-refractivity contribution is -0.0163. The van der Waals surface area contributed by atoms with Crippen LogP contribution >= 0.6 is 0 Å². The Hall–Kier alpha value is -2.32. The maximum Gasteiger partial charge on any atom is 0.410 e. The molecular formula is C20H30N4O4. The zero-order valence-electron chi connectivity index (χ0n) is 16.7. The number of rotatable bonds is 7. The van der Waals surface area contributed by atoms with Gasteiger partial charge in [-0.2, -0.15) is 0 Å². The maximum absolute atomic E-state index is 12.4. The molecule has 2 saturated heterocycles. The molecule has 1 aromatic carbocycles. The highest BCUT2D eigenvalue weighted by Gasteiger charge is 2.31. The molecule has 1 aromatic rings. The minimum atomic E-state index is -0.293. The van der Waals surface area contributed by atoms with E-state index in [4.69, 9.17) is 9.47 Å². The van der Waals surface area contributed by atoms with Crippen molar-refractivity contribution in [2.24, 2.45) is 0 Å². The van der Waals surface area contributed by atoms with Crippen molar-refractivity contribution in [1.29, 1.82) is 0 Å². The third-order valence-electron chi connectivity index (χ3n) is 5.57. The molecule has 0 aliphatic carbocycles. The SMILES string of the molecule is CC[C@@](C)(CNC(=O)Nc1cccc(CN2CCOC2=O)c1)N1CCOCC1. The Bertz CT molecular complexity index is 693. The molecular weight excluding hydrogens is 360 g/mol. The predicted octanol–water partition coefficient (Wildman–Crippen LogP) is 2.26. The zero-order valence-corrected chi connectivity index (χ0v) is 16.7. The smallest absolute Gasteiger partial charge is 0.410 e. The van der Waals surface area contributed by atoms with Gasteiger partial charge >= 0.3 is 12.1 Å². The van der Waals surface area contributed by atoms with Crippen LogP contribution in [0.5, 0.6) is 0 Å². The first-order valence-corrected chi connectivity index (χ1v) is 9.88. The molecule has 0 spiro atoms. The van der Waals surface area contributed by atoms with Crippen LogP contribution in [-0.2, 0) is 16.0 Å². The molecule has 8 nitrogen and oxygen atoms in total. The minimum Gasteiger partial charge on any atom is -0.448 e. The number of cyclic esters (lactones) is 1. The van der Waals surface area contributed by atoms with E-state index in [0.29, 0.717) is 31.9 Å². The molecule has 2 heterocycles. The van der Waals surface area contributed by atoms with Gasteiger partial charge in [0.25, 0.3) is 0 Å². The van der Waals surface area contributed by atoms with E-state index in [2.05, 4.69) is 29.4 Å². The van der Waals surface area contributed by atoms with Crippen molar-refractivity contribution in [3.63, 3.8) is 0 Å². The number of nitrogens with one attached hydrogen (secondary N) is 2. The van der Waals surface area contributed by atoms with Gasteiger partial charge in [-0.15, -0.1) is 0 Å². The molecule has 154 valence electrons. The number of hydrogen-bond acceptors (Lipinski definition) is 5. The number of ether oxygens (including phenoxy) is 2. The van der Waals surface area contributed by atoms with E-state index in [0.717, 1.165) is 38.3 Å². The van der Waals surface area contributed by atoms with Gasteiger partial charge in [0.15, 0.2) is 0 Å². The number of amides is 3. The molecule has 1 atom stereocenters. The van der Waals surface area contributed by atoms with Gasteiger partial charge < -0.3 is 25.0 Å². The lowest BCUT2D eigenvalue weighted by Gasteiger charge is -2.43. The van der Waals surface area contributed by atoms with E-state index in [1.807, 2.05) is 24.3 Å². The minimum absolute atomic E-state index is 0.0981. The second kappa shape index (κ2) is 9.25. The molecule has 0 saturated carbocycles. The number of nitrogens with zero attached hydrogens (tertiary/aromatic N) is 2. The molecule has 0 aromatic heterocycles. The summed E-state index contributed by atoms with van der Waals surface area (Å²) in [6.07, 6.45) is 0.646. The van der Waals surface area contributed by atoms with Gasteiger partial charge in [0, 0.05) is 37.4 Å². The summed E-state index contributed by atoms with van der Waals surface area (Å²) >= 11 is 0. The highest BCUT2D eigenvalue weighted by molar-refractivity contribution is 5.89. The first-order valence-electron chi connectivity index (χ1n) is 9.88. The van der Waals surface area contributed by atoms with Crippen LogP contribution in [0.25, 0.3) is 0 Å². The average molecular weight is 390 g/mol. The van der Waals surface area contributed by atoms with Crippen LogP contribution in [0.4, 0.5) is 15.3 Å². The molecule has 2 N–H and O–H groups in total. The Kier molecular flexibility index (Phi) is 6.74. The van der Waals surface area contributed by atoms with E-state index in [1.54, 1.807) is 4.90 Å². The van der Waals surface area contributed by atoms with Crippen molar-refractivity contribution < 1.29 is 19.1 Å². The predicted molar refractivity (Wildman–Crippen MR) is 106 cm³/mol. The Morgan fingerprint density at radius 2 is 2.00 bits per heavy atom. The lowest BCUT2D eigenvalue weighted by atomic mass is 9.95. The summed E-state index contributed by atoms with van der Waals surface area (Å²) in [4.78, 5) is 28.0. The summed E-state index contributed by atoms with van der Waals surface area (Å²) in [6, 6.07) is 7.29. The Morgan fingerprint density at radius 3 is 2.68 bits per heavy atom. The number of morpholine rings is 1. The van der Waals surface area contributed by atoms with Gasteiger partial charge in [-0.25, -0.2) is 9.59 Å². The fourth-order valence-electron chi connectivity index (χ4n) is 3.55. The van der Waals surface area contributed by atoms with Crippen molar-refractivity contribution in [3.05, 3.63) is 29.8 Å². The highest BCUT2D eigenvalue weighted by Crippen LogP contribution is 2.20. The molecule has 2 aliphatic heterocycles.